The zero-order valence-electron chi connectivity index (χ0n) is 14.8. The van der Waals surface area contributed by atoms with Crippen LogP contribution in [0.4, 0.5) is 0 Å². The van der Waals surface area contributed by atoms with Crippen LogP contribution in [-0.4, -0.2) is 33.4 Å². The highest BCUT2D eigenvalue weighted by molar-refractivity contribution is 5.91. The largest absolute Gasteiger partial charge is 0.466 e. The van der Waals surface area contributed by atoms with Gasteiger partial charge in [0.1, 0.15) is 11.8 Å². The smallest absolute Gasteiger partial charge is 0.330 e. The quantitative estimate of drug-likeness (QED) is 0.354. The fraction of sp³-hybridized carbons (Fsp3) is 0.263. The van der Waals surface area contributed by atoms with E-state index in [-0.39, 0.29) is 25.5 Å². The second-order valence-corrected chi connectivity index (χ2v) is 5.64. The van der Waals surface area contributed by atoms with Crippen molar-refractivity contribution in [2.75, 3.05) is 7.11 Å². The van der Waals surface area contributed by atoms with Crippen LogP contribution in [0.25, 0.3) is 17.2 Å². The Morgan fingerprint density at radius 3 is 2.48 bits per heavy atom. The Labute approximate surface area is 156 Å². The predicted octanol–water partition coefficient (Wildman–Crippen LogP) is 0.675. The number of hydrogen-bond acceptors (Lipinski definition) is 7. The van der Waals surface area contributed by atoms with Crippen molar-refractivity contribution in [3.8, 4) is 17.2 Å². The highest BCUT2D eigenvalue weighted by atomic mass is 16.5. The Morgan fingerprint density at radius 2 is 1.96 bits per heavy atom. The van der Waals surface area contributed by atoms with Gasteiger partial charge in [-0.3, -0.25) is 0 Å². The molecule has 2 aromatic rings. The average molecular weight is 371 g/mol. The van der Waals surface area contributed by atoms with Gasteiger partial charge in [-0.25, -0.2) is 4.79 Å². The van der Waals surface area contributed by atoms with Crippen LogP contribution in [0.2, 0.25) is 0 Å². The molecule has 1 aromatic heterocycles. The maximum atomic E-state index is 11.5. The lowest BCUT2D eigenvalue weighted by Crippen LogP contribution is -2.05. The van der Waals surface area contributed by atoms with Crippen LogP contribution in [-0.2, 0) is 35.9 Å². The summed E-state index contributed by atoms with van der Waals surface area (Å²) < 4.78 is 4.59. The molecule has 0 saturated carbocycles. The molecule has 0 fully saturated rings. The lowest BCUT2D eigenvalue weighted by molar-refractivity contribution is -0.134. The van der Waals surface area contributed by atoms with Crippen LogP contribution >= 0.6 is 0 Å². The van der Waals surface area contributed by atoms with E-state index in [1.807, 2.05) is 6.07 Å². The minimum Gasteiger partial charge on any atom is -0.466 e. The second-order valence-electron chi connectivity index (χ2n) is 5.64. The standard InChI is InChI=1S/C19H21N3O5/c1-27-18(26)5-4-13-16(6-20)22-17(7-21)19(13)12-3-2-11(8-23)14(9-24)15(12)10-25/h2-5,22-25H,7-10,21H2,1H3/b5-4+. The first-order chi connectivity index (χ1) is 13.1. The minimum absolute atomic E-state index is 0.0805. The number of nitrogens with one attached hydrogen (secondary N) is 1. The summed E-state index contributed by atoms with van der Waals surface area (Å²) in [6.07, 6.45) is 2.62. The van der Waals surface area contributed by atoms with Crippen LogP contribution in [0.1, 0.15) is 33.6 Å². The molecule has 1 heterocycles. The summed E-state index contributed by atoms with van der Waals surface area (Å²) in [5, 5.41) is 38.5. The number of aromatic amines is 1. The third-order valence-corrected chi connectivity index (χ3v) is 4.30. The van der Waals surface area contributed by atoms with Gasteiger partial charge in [0, 0.05) is 29.4 Å². The van der Waals surface area contributed by atoms with E-state index in [0.717, 1.165) is 0 Å². The van der Waals surface area contributed by atoms with E-state index in [1.54, 1.807) is 12.1 Å². The van der Waals surface area contributed by atoms with Crippen molar-refractivity contribution in [3.05, 3.63) is 51.9 Å². The maximum Gasteiger partial charge on any atom is 0.330 e. The van der Waals surface area contributed by atoms with E-state index in [9.17, 15) is 25.4 Å². The number of ether oxygens (including phenoxy) is 1. The van der Waals surface area contributed by atoms with Gasteiger partial charge < -0.3 is 30.8 Å². The van der Waals surface area contributed by atoms with Crippen molar-refractivity contribution in [1.29, 1.82) is 5.26 Å². The van der Waals surface area contributed by atoms with Crippen LogP contribution in [0, 0.1) is 11.3 Å². The molecule has 6 N–H and O–H groups in total. The molecular formula is C19H21N3O5. The van der Waals surface area contributed by atoms with Crippen LogP contribution in [0.5, 0.6) is 0 Å². The van der Waals surface area contributed by atoms with Crippen molar-refractivity contribution < 1.29 is 24.9 Å². The number of carbonyl (C=O) groups excluding carboxylic acids is 1. The Morgan fingerprint density at radius 1 is 1.26 bits per heavy atom. The third-order valence-electron chi connectivity index (χ3n) is 4.30. The van der Waals surface area contributed by atoms with Crippen molar-refractivity contribution in [2.45, 2.75) is 26.4 Å². The first kappa shape index (κ1) is 20.4. The van der Waals surface area contributed by atoms with E-state index in [2.05, 4.69) is 9.72 Å². The first-order valence-corrected chi connectivity index (χ1v) is 8.13. The molecule has 0 radical (unpaired) electrons. The number of nitrogens with two attached hydrogens (primary N) is 1. The fourth-order valence-electron chi connectivity index (χ4n) is 3.00. The molecule has 0 bridgehead atoms. The molecule has 27 heavy (non-hydrogen) atoms. The zero-order valence-corrected chi connectivity index (χ0v) is 14.8. The maximum absolute atomic E-state index is 11.5. The van der Waals surface area contributed by atoms with Gasteiger partial charge in [0.05, 0.1) is 26.9 Å². The number of benzene rings is 1. The molecule has 0 atom stereocenters. The van der Waals surface area contributed by atoms with Gasteiger partial charge in [0.2, 0.25) is 0 Å². The molecule has 8 nitrogen and oxygen atoms in total. The second kappa shape index (κ2) is 9.12. The molecule has 0 spiro atoms. The van der Waals surface area contributed by atoms with E-state index in [0.29, 0.717) is 39.1 Å². The van der Waals surface area contributed by atoms with Gasteiger partial charge in [-0.1, -0.05) is 12.1 Å². The molecule has 0 aliphatic rings. The van der Waals surface area contributed by atoms with Crippen LogP contribution in [0.3, 0.4) is 0 Å². The molecule has 0 aliphatic carbocycles. The van der Waals surface area contributed by atoms with Gasteiger partial charge in [-0.2, -0.15) is 5.26 Å². The predicted molar refractivity (Wildman–Crippen MR) is 97.7 cm³/mol. The zero-order chi connectivity index (χ0) is 20.0. The summed E-state index contributed by atoms with van der Waals surface area (Å²) in [4.78, 5) is 14.4. The number of carbonyl (C=O) groups is 1. The Hall–Kier alpha value is -2.96. The SMILES string of the molecule is COC(=O)/C=C/c1c(C#N)[nH]c(CN)c1-c1ccc(CO)c(CO)c1CO. The average Bonchev–Trinajstić information content (AvgIpc) is 3.07. The lowest BCUT2D eigenvalue weighted by Gasteiger charge is -2.16. The third kappa shape index (κ3) is 3.92. The molecule has 0 aliphatic heterocycles. The topological polar surface area (TPSA) is 153 Å². The number of esters is 1. The van der Waals surface area contributed by atoms with Gasteiger partial charge >= 0.3 is 5.97 Å². The normalized spacial score (nSPS) is 11.0. The summed E-state index contributed by atoms with van der Waals surface area (Å²) in [5.74, 6) is -0.589. The Bertz CT molecular complexity index is 909. The molecule has 8 heteroatoms. The summed E-state index contributed by atoms with van der Waals surface area (Å²) in [6, 6.07) is 5.33. The summed E-state index contributed by atoms with van der Waals surface area (Å²) >= 11 is 0. The Kier molecular flexibility index (Phi) is 6.87. The minimum atomic E-state index is -0.589. The molecular weight excluding hydrogens is 350 g/mol. The van der Waals surface area contributed by atoms with Crippen molar-refractivity contribution in [1.82, 2.24) is 4.98 Å². The van der Waals surface area contributed by atoms with Crippen molar-refractivity contribution in [2.24, 2.45) is 5.73 Å². The number of methoxy groups -OCH3 is 1. The van der Waals surface area contributed by atoms with E-state index < -0.39 is 12.6 Å². The first-order valence-electron chi connectivity index (χ1n) is 8.13. The molecule has 0 unspecified atom stereocenters. The van der Waals surface area contributed by atoms with E-state index >= 15 is 0 Å². The number of aromatic nitrogens is 1. The molecule has 142 valence electrons. The van der Waals surface area contributed by atoms with Gasteiger partial charge in [0.15, 0.2) is 0 Å². The van der Waals surface area contributed by atoms with Crippen molar-refractivity contribution in [3.63, 3.8) is 0 Å². The summed E-state index contributed by atoms with van der Waals surface area (Å²) in [7, 11) is 1.24. The number of H-pyrrole nitrogens is 1. The van der Waals surface area contributed by atoms with Crippen molar-refractivity contribution >= 4 is 12.0 Å². The highest BCUT2D eigenvalue weighted by Crippen LogP contribution is 2.36. The van der Waals surface area contributed by atoms with Gasteiger partial charge in [-0.15, -0.1) is 0 Å². The number of nitriles is 1. The molecule has 2 rings (SSSR count). The van der Waals surface area contributed by atoms with E-state index in [1.165, 1.54) is 19.3 Å². The number of aliphatic hydroxyl groups excluding tert-OH is 3. The summed E-state index contributed by atoms with van der Waals surface area (Å²) in [5.41, 5.74) is 9.35. The van der Waals surface area contributed by atoms with Crippen LogP contribution < -0.4 is 5.73 Å². The van der Waals surface area contributed by atoms with Gasteiger partial charge in [-0.05, 0) is 28.3 Å². The molecule has 1 aromatic carbocycles. The fourth-order valence-corrected chi connectivity index (χ4v) is 3.00. The highest BCUT2D eigenvalue weighted by Gasteiger charge is 2.21. The van der Waals surface area contributed by atoms with E-state index in [4.69, 9.17) is 5.73 Å². The number of aliphatic hydroxyl groups is 3. The van der Waals surface area contributed by atoms with Crippen LogP contribution in [0.15, 0.2) is 18.2 Å². The number of nitrogens with zero attached hydrogens (tertiary/aromatic N) is 1. The number of rotatable bonds is 7. The monoisotopic (exact) mass is 371 g/mol. The Balaban J connectivity index is 2.82. The molecule has 0 amide bonds. The number of hydrogen-bond donors (Lipinski definition) is 5. The summed E-state index contributed by atoms with van der Waals surface area (Å²) in [6.45, 7) is -0.980. The molecule has 0 saturated heterocycles. The van der Waals surface area contributed by atoms with Gasteiger partial charge in [0.25, 0.3) is 0 Å². The lowest BCUT2D eigenvalue weighted by atomic mass is 9.90.